The second kappa shape index (κ2) is 15.0. The predicted octanol–water partition coefficient (Wildman–Crippen LogP) is 11.3. The Morgan fingerprint density at radius 3 is 1.60 bits per heavy atom. The van der Waals surface area contributed by atoms with Gasteiger partial charge in [0.2, 0.25) is 0 Å². The quantitative estimate of drug-likeness (QED) is 0.241. The van der Waals surface area contributed by atoms with Crippen molar-refractivity contribution in [3.63, 3.8) is 0 Å². The molecule has 0 radical (unpaired) electrons. The van der Waals surface area contributed by atoms with E-state index in [0.717, 1.165) is 11.3 Å². The average molecular weight is 624 g/mol. The van der Waals surface area contributed by atoms with Gasteiger partial charge in [0, 0.05) is 7.05 Å². The Hall–Kier alpha value is -1.02. The zero-order valence-corrected chi connectivity index (χ0v) is 30.9. The van der Waals surface area contributed by atoms with Crippen LogP contribution >= 0.6 is 7.92 Å². The number of nitrogens with zero attached hydrogens (tertiary/aromatic N) is 1. The third-order valence-electron chi connectivity index (χ3n) is 10.0. The van der Waals surface area contributed by atoms with Crippen LogP contribution in [-0.4, -0.2) is 31.6 Å². The van der Waals surface area contributed by atoms with Crippen LogP contribution in [0.1, 0.15) is 178 Å². The van der Waals surface area contributed by atoms with Crippen LogP contribution in [0.2, 0.25) is 0 Å². The molecule has 240 valence electrons. The molecule has 4 heteroatoms. The van der Waals surface area contributed by atoms with Gasteiger partial charge < -0.3 is 0 Å². The molecule has 2 aliphatic rings. The molecule has 0 aliphatic heterocycles. The number of hydrogen-bond acceptors (Lipinski definition) is 1. The summed E-state index contributed by atoms with van der Waals surface area (Å²) < 4.78 is 16.3. The Labute approximate surface area is 269 Å². The molecule has 0 heterocycles. The van der Waals surface area contributed by atoms with Crippen molar-refractivity contribution >= 4 is 24.2 Å². The van der Waals surface area contributed by atoms with Crippen molar-refractivity contribution in [1.29, 1.82) is 0 Å². The summed E-state index contributed by atoms with van der Waals surface area (Å²) in [5, 5.41) is 1.62. The first-order valence-corrected chi connectivity index (χ1v) is 20.1. The highest BCUT2D eigenvalue weighted by Crippen LogP contribution is 2.56. The Morgan fingerprint density at radius 1 is 0.721 bits per heavy atom. The van der Waals surface area contributed by atoms with E-state index >= 15 is 0 Å². The van der Waals surface area contributed by atoms with Crippen LogP contribution in [0.15, 0.2) is 36.4 Å². The van der Waals surface area contributed by atoms with Gasteiger partial charge in [-0.1, -0.05) is 124 Å². The summed E-state index contributed by atoms with van der Waals surface area (Å²) in [4.78, 5) is 0. The molecule has 2 nitrogen and oxygen atoms in total. The molecule has 2 fully saturated rings. The van der Waals surface area contributed by atoms with Gasteiger partial charge in [0.15, 0.2) is 0 Å². The zero-order chi connectivity index (χ0) is 31.5. The van der Waals surface area contributed by atoms with Crippen molar-refractivity contribution in [2.75, 3.05) is 7.05 Å². The second-order valence-electron chi connectivity index (χ2n) is 15.4. The van der Waals surface area contributed by atoms with E-state index in [0.29, 0.717) is 17.8 Å². The van der Waals surface area contributed by atoms with E-state index in [9.17, 15) is 4.21 Å². The Bertz CT molecular complexity index is 1170. The number of rotatable bonds is 10. The molecule has 0 aromatic heterocycles. The SMILES string of the molecule is CC(C)c1cc(C(C)C)c([C@H](c2ccccc2P(C2CCCCC2)C2CCCCC2)N(C)S(=O)C(C)(C)C)c(C(C)C)c1. The predicted molar refractivity (Wildman–Crippen MR) is 193 cm³/mol. The molecular weight excluding hydrogens is 561 g/mol. The Balaban J connectivity index is 2.03. The van der Waals surface area contributed by atoms with Gasteiger partial charge in [0.25, 0.3) is 0 Å². The Morgan fingerprint density at radius 2 is 1.19 bits per heavy atom. The van der Waals surface area contributed by atoms with Gasteiger partial charge in [-0.3, -0.25) is 0 Å². The molecule has 0 amide bonds. The van der Waals surface area contributed by atoms with E-state index in [-0.39, 0.29) is 18.7 Å². The lowest BCUT2D eigenvalue weighted by Gasteiger charge is -2.42. The van der Waals surface area contributed by atoms with Crippen LogP contribution < -0.4 is 5.30 Å². The first kappa shape index (κ1) is 34.8. The normalized spacial score (nSPS) is 19.2. The van der Waals surface area contributed by atoms with Crippen LogP contribution in [0.3, 0.4) is 0 Å². The molecule has 1 unspecified atom stereocenters. The van der Waals surface area contributed by atoms with Crippen LogP contribution in [-0.2, 0) is 11.0 Å². The van der Waals surface area contributed by atoms with Gasteiger partial charge in [-0.15, -0.1) is 0 Å². The summed E-state index contributed by atoms with van der Waals surface area (Å²) >= 11 is 0. The summed E-state index contributed by atoms with van der Waals surface area (Å²) in [5.74, 6) is 1.24. The van der Waals surface area contributed by atoms with Gasteiger partial charge in [0.05, 0.1) is 10.8 Å². The molecule has 2 atom stereocenters. The maximum atomic E-state index is 14.4. The summed E-state index contributed by atoms with van der Waals surface area (Å²) in [5.41, 5.74) is 8.80. The fourth-order valence-corrected chi connectivity index (χ4v) is 13.0. The molecular formula is C39H62NOPS. The number of benzene rings is 2. The average Bonchev–Trinajstić information content (AvgIpc) is 2.98. The molecule has 0 spiro atoms. The fourth-order valence-electron chi connectivity index (χ4n) is 7.75. The van der Waals surface area contributed by atoms with E-state index in [1.54, 1.807) is 5.30 Å². The molecule has 43 heavy (non-hydrogen) atoms. The van der Waals surface area contributed by atoms with Crippen molar-refractivity contribution < 1.29 is 4.21 Å². The first-order valence-electron chi connectivity index (χ1n) is 17.5. The van der Waals surface area contributed by atoms with Crippen LogP contribution in [0.5, 0.6) is 0 Å². The van der Waals surface area contributed by atoms with Crippen molar-refractivity contribution in [3.8, 4) is 0 Å². The summed E-state index contributed by atoms with van der Waals surface area (Å²) in [6.07, 6.45) is 13.9. The van der Waals surface area contributed by atoms with Gasteiger partial charge in [0.1, 0.15) is 11.0 Å². The van der Waals surface area contributed by atoms with Gasteiger partial charge in [-0.05, 0) is 109 Å². The van der Waals surface area contributed by atoms with E-state index in [1.165, 1.54) is 92.0 Å². The lowest BCUT2D eigenvalue weighted by atomic mass is 9.80. The highest BCUT2D eigenvalue weighted by atomic mass is 32.2. The third kappa shape index (κ3) is 8.04. The smallest absolute Gasteiger partial charge is 0.100 e. The molecule has 0 N–H and O–H groups in total. The van der Waals surface area contributed by atoms with Crippen LogP contribution in [0.4, 0.5) is 0 Å². The van der Waals surface area contributed by atoms with Crippen LogP contribution in [0.25, 0.3) is 0 Å². The monoisotopic (exact) mass is 623 g/mol. The largest absolute Gasteiger partial charge is 0.242 e. The molecule has 2 aromatic rings. The lowest BCUT2D eigenvalue weighted by Crippen LogP contribution is -2.40. The summed E-state index contributed by atoms with van der Waals surface area (Å²) in [6, 6.07) is 14.5. The molecule has 0 bridgehead atoms. The lowest BCUT2D eigenvalue weighted by molar-refractivity contribution is 0.434. The van der Waals surface area contributed by atoms with Crippen LogP contribution in [0, 0.1) is 0 Å². The Kier molecular flexibility index (Phi) is 12.2. The first-order chi connectivity index (χ1) is 20.3. The standard InChI is InChI=1S/C39H62NOPS/c1-27(2)30-25-34(28(3)4)37(35(26-30)29(5)6)38(40(10)43(41)39(7,8)9)33-23-17-18-24-36(33)42(31-19-13-11-14-20-31)32-21-15-12-16-22-32/h17-18,23-29,31-32,38H,11-16,19-22H2,1-10H3/t38-,43?/m0/s1. The highest BCUT2D eigenvalue weighted by molar-refractivity contribution is 7.84. The molecule has 2 aliphatic carbocycles. The zero-order valence-electron chi connectivity index (χ0n) is 29.2. The summed E-state index contributed by atoms with van der Waals surface area (Å²) in [7, 11) is 0.689. The minimum absolute atomic E-state index is 0.0375. The van der Waals surface area contributed by atoms with Crippen molar-refractivity contribution in [2.24, 2.45) is 0 Å². The second-order valence-corrected chi connectivity index (χ2v) is 20.5. The molecule has 0 saturated heterocycles. The van der Waals surface area contributed by atoms with Gasteiger partial charge in [-0.25, -0.2) is 8.51 Å². The van der Waals surface area contributed by atoms with Crippen molar-refractivity contribution in [1.82, 2.24) is 4.31 Å². The van der Waals surface area contributed by atoms with Gasteiger partial charge >= 0.3 is 0 Å². The maximum absolute atomic E-state index is 14.4. The highest BCUT2D eigenvalue weighted by Gasteiger charge is 2.39. The number of hydrogen-bond donors (Lipinski definition) is 0. The topological polar surface area (TPSA) is 20.3 Å². The fraction of sp³-hybridized carbons (Fsp3) is 0.692. The van der Waals surface area contributed by atoms with Crippen molar-refractivity contribution in [3.05, 3.63) is 64.2 Å². The van der Waals surface area contributed by atoms with E-state index in [2.05, 4.69) is 110 Å². The van der Waals surface area contributed by atoms with Gasteiger partial charge in [-0.2, -0.15) is 0 Å². The van der Waals surface area contributed by atoms with E-state index in [4.69, 9.17) is 0 Å². The van der Waals surface area contributed by atoms with Crippen molar-refractivity contribution in [2.45, 2.75) is 166 Å². The van der Waals surface area contributed by atoms with E-state index < -0.39 is 11.0 Å². The maximum Gasteiger partial charge on any atom is 0.100 e. The third-order valence-corrected chi connectivity index (χ3v) is 15.4. The summed E-state index contributed by atoms with van der Waals surface area (Å²) in [6.45, 7) is 20.5. The molecule has 2 saturated carbocycles. The minimum atomic E-state index is -1.16. The van der Waals surface area contributed by atoms with E-state index in [1.807, 2.05) is 0 Å². The minimum Gasteiger partial charge on any atom is -0.242 e. The molecule has 2 aromatic carbocycles. The molecule has 4 rings (SSSR count).